The van der Waals surface area contributed by atoms with Gasteiger partial charge in [0, 0.05) is 12.6 Å². The van der Waals surface area contributed by atoms with Gasteiger partial charge in [-0.2, -0.15) is 0 Å². The van der Waals surface area contributed by atoms with Crippen molar-refractivity contribution in [2.24, 2.45) is 5.92 Å². The van der Waals surface area contributed by atoms with Crippen molar-refractivity contribution >= 4 is 0 Å². The number of nitrogens with zero attached hydrogens (tertiary/aromatic N) is 1. The van der Waals surface area contributed by atoms with Crippen LogP contribution in [0.25, 0.3) is 0 Å². The second kappa shape index (κ2) is 4.42. The first-order chi connectivity index (χ1) is 7.19. The zero-order valence-corrected chi connectivity index (χ0v) is 10.2. The van der Waals surface area contributed by atoms with Crippen molar-refractivity contribution in [3.63, 3.8) is 0 Å². The van der Waals surface area contributed by atoms with Gasteiger partial charge in [-0.25, -0.2) is 0 Å². The van der Waals surface area contributed by atoms with Crippen LogP contribution in [0.15, 0.2) is 0 Å². The first-order valence-corrected chi connectivity index (χ1v) is 6.66. The van der Waals surface area contributed by atoms with Crippen LogP contribution in [-0.2, 0) is 0 Å². The molecule has 2 aliphatic heterocycles. The van der Waals surface area contributed by atoms with Crippen LogP contribution < -0.4 is 0 Å². The average Bonchev–Trinajstić information content (AvgIpc) is 2.81. The molecule has 15 heavy (non-hydrogen) atoms. The minimum atomic E-state index is -0.354. The van der Waals surface area contributed by atoms with E-state index in [-0.39, 0.29) is 5.60 Å². The van der Waals surface area contributed by atoms with E-state index in [1.54, 1.807) is 0 Å². The smallest absolute Gasteiger partial charge is 0.0817 e. The van der Waals surface area contributed by atoms with Gasteiger partial charge in [0.05, 0.1) is 5.60 Å². The van der Waals surface area contributed by atoms with Crippen LogP contribution in [0.3, 0.4) is 0 Å². The normalized spacial score (nSPS) is 36.4. The highest BCUT2D eigenvalue weighted by molar-refractivity contribution is 5.03. The molecule has 88 valence electrons. The Morgan fingerprint density at radius 1 is 1.33 bits per heavy atom. The highest BCUT2D eigenvalue weighted by Crippen LogP contribution is 2.40. The lowest BCUT2D eigenvalue weighted by Crippen LogP contribution is -2.42. The van der Waals surface area contributed by atoms with Gasteiger partial charge in [-0.3, -0.25) is 4.90 Å². The Kier molecular flexibility index (Phi) is 3.36. The topological polar surface area (TPSA) is 23.5 Å². The summed E-state index contributed by atoms with van der Waals surface area (Å²) in [7, 11) is 0. The third kappa shape index (κ3) is 2.07. The lowest BCUT2D eigenvalue weighted by Gasteiger charge is -2.33. The van der Waals surface area contributed by atoms with E-state index < -0.39 is 0 Å². The van der Waals surface area contributed by atoms with Gasteiger partial charge in [0.2, 0.25) is 0 Å². The third-order valence-corrected chi connectivity index (χ3v) is 4.61. The van der Waals surface area contributed by atoms with Gasteiger partial charge < -0.3 is 5.11 Å². The maximum Gasteiger partial charge on any atom is 0.0817 e. The molecule has 0 radical (unpaired) electrons. The summed E-state index contributed by atoms with van der Waals surface area (Å²) in [4.78, 5) is 2.50. The van der Waals surface area contributed by atoms with E-state index >= 15 is 0 Å². The van der Waals surface area contributed by atoms with E-state index in [9.17, 15) is 5.11 Å². The van der Waals surface area contributed by atoms with Gasteiger partial charge in [-0.1, -0.05) is 26.7 Å². The van der Waals surface area contributed by atoms with Crippen LogP contribution in [0.4, 0.5) is 0 Å². The fourth-order valence-electron chi connectivity index (χ4n) is 3.52. The summed E-state index contributed by atoms with van der Waals surface area (Å²) in [6.07, 6.45) is 6.97. The molecular weight excluding hydrogens is 186 g/mol. The highest BCUT2D eigenvalue weighted by Gasteiger charge is 2.48. The van der Waals surface area contributed by atoms with Crippen molar-refractivity contribution in [3.05, 3.63) is 0 Å². The lowest BCUT2D eigenvalue weighted by molar-refractivity contribution is -0.00930. The molecule has 0 bridgehead atoms. The van der Waals surface area contributed by atoms with Crippen LogP contribution in [0, 0.1) is 5.92 Å². The number of hydrogen-bond donors (Lipinski definition) is 1. The van der Waals surface area contributed by atoms with Crippen LogP contribution in [0.1, 0.15) is 52.4 Å². The zero-order chi connectivity index (χ0) is 10.9. The standard InChI is InChI=1S/C13H25NO/c1-3-11(4-2)10-13(15)7-9-14-8-5-6-12(13)14/h11-12,15H,3-10H2,1-2H3. The molecule has 0 amide bonds. The summed E-state index contributed by atoms with van der Waals surface area (Å²) in [5.74, 6) is 0.718. The Morgan fingerprint density at radius 2 is 2.07 bits per heavy atom. The minimum absolute atomic E-state index is 0.354. The molecule has 0 spiro atoms. The number of hydrogen-bond acceptors (Lipinski definition) is 2. The van der Waals surface area contributed by atoms with E-state index in [1.807, 2.05) is 0 Å². The van der Waals surface area contributed by atoms with Gasteiger partial charge >= 0.3 is 0 Å². The average molecular weight is 211 g/mol. The molecule has 2 atom stereocenters. The molecule has 2 aliphatic rings. The van der Waals surface area contributed by atoms with Crippen LogP contribution in [-0.4, -0.2) is 34.7 Å². The zero-order valence-electron chi connectivity index (χ0n) is 10.2. The molecule has 2 fully saturated rings. The van der Waals surface area contributed by atoms with Gasteiger partial charge in [-0.15, -0.1) is 0 Å². The molecule has 2 heteroatoms. The maximum absolute atomic E-state index is 10.8. The second-order valence-electron chi connectivity index (χ2n) is 5.43. The van der Waals surface area contributed by atoms with E-state index in [0.717, 1.165) is 25.3 Å². The van der Waals surface area contributed by atoms with Crippen molar-refractivity contribution < 1.29 is 5.11 Å². The van der Waals surface area contributed by atoms with Crippen molar-refractivity contribution in [2.75, 3.05) is 13.1 Å². The molecule has 2 heterocycles. The van der Waals surface area contributed by atoms with E-state index in [0.29, 0.717) is 6.04 Å². The minimum Gasteiger partial charge on any atom is -0.388 e. The van der Waals surface area contributed by atoms with Crippen molar-refractivity contribution in [2.45, 2.75) is 64.0 Å². The molecule has 0 aliphatic carbocycles. The van der Waals surface area contributed by atoms with E-state index in [2.05, 4.69) is 18.7 Å². The fraction of sp³-hybridized carbons (Fsp3) is 1.00. The number of aliphatic hydroxyl groups is 1. The van der Waals surface area contributed by atoms with Gasteiger partial charge in [0.15, 0.2) is 0 Å². The summed E-state index contributed by atoms with van der Waals surface area (Å²) in [5, 5.41) is 10.8. The Labute approximate surface area is 93.7 Å². The number of fused-ring (bicyclic) bond motifs is 1. The monoisotopic (exact) mass is 211 g/mol. The molecular formula is C13H25NO. The Morgan fingerprint density at radius 3 is 2.73 bits per heavy atom. The third-order valence-electron chi connectivity index (χ3n) is 4.61. The Hall–Kier alpha value is -0.0800. The predicted molar refractivity (Wildman–Crippen MR) is 62.9 cm³/mol. The molecule has 2 rings (SSSR count). The lowest BCUT2D eigenvalue weighted by atomic mass is 9.81. The SMILES string of the molecule is CCC(CC)CC1(O)CCN2CCCC21. The van der Waals surface area contributed by atoms with Gasteiger partial charge in [0.25, 0.3) is 0 Å². The van der Waals surface area contributed by atoms with E-state index in [4.69, 9.17) is 0 Å². The van der Waals surface area contributed by atoms with Gasteiger partial charge in [-0.05, 0) is 38.1 Å². The largest absolute Gasteiger partial charge is 0.388 e. The predicted octanol–water partition coefficient (Wildman–Crippen LogP) is 2.41. The first kappa shape index (κ1) is 11.4. The summed E-state index contributed by atoms with van der Waals surface area (Å²) in [6, 6.07) is 0.484. The number of rotatable bonds is 4. The summed E-state index contributed by atoms with van der Waals surface area (Å²) in [5.41, 5.74) is -0.354. The molecule has 2 unspecified atom stereocenters. The second-order valence-corrected chi connectivity index (χ2v) is 5.43. The molecule has 2 saturated heterocycles. The van der Waals surface area contributed by atoms with Crippen molar-refractivity contribution in [3.8, 4) is 0 Å². The Bertz CT molecular complexity index is 215. The van der Waals surface area contributed by atoms with Crippen LogP contribution in [0.2, 0.25) is 0 Å². The molecule has 0 aromatic heterocycles. The van der Waals surface area contributed by atoms with E-state index in [1.165, 1.54) is 32.2 Å². The van der Waals surface area contributed by atoms with Crippen LogP contribution in [0.5, 0.6) is 0 Å². The summed E-state index contributed by atoms with van der Waals surface area (Å²) < 4.78 is 0. The molecule has 0 saturated carbocycles. The Balaban J connectivity index is 2.00. The molecule has 0 aromatic carbocycles. The summed E-state index contributed by atoms with van der Waals surface area (Å²) >= 11 is 0. The van der Waals surface area contributed by atoms with Crippen molar-refractivity contribution in [1.29, 1.82) is 0 Å². The van der Waals surface area contributed by atoms with Gasteiger partial charge in [0.1, 0.15) is 0 Å². The summed E-state index contributed by atoms with van der Waals surface area (Å²) in [6.45, 7) is 6.84. The quantitative estimate of drug-likeness (QED) is 0.772. The highest BCUT2D eigenvalue weighted by atomic mass is 16.3. The molecule has 1 N–H and O–H groups in total. The van der Waals surface area contributed by atoms with Crippen molar-refractivity contribution in [1.82, 2.24) is 4.90 Å². The van der Waals surface area contributed by atoms with Crippen LogP contribution >= 0.6 is 0 Å². The first-order valence-electron chi connectivity index (χ1n) is 6.66. The molecule has 0 aromatic rings. The molecule has 2 nitrogen and oxygen atoms in total. The maximum atomic E-state index is 10.8. The fourth-order valence-corrected chi connectivity index (χ4v) is 3.52.